The van der Waals surface area contributed by atoms with E-state index in [1.807, 2.05) is 61.6 Å². The zero-order chi connectivity index (χ0) is 23.9. The van der Waals surface area contributed by atoms with E-state index in [-0.39, 0.29) is 18.2 Å². The van der Waals surface area contributed by atoms with E-state index in [4.69, 9.17) is 23.7 Å². The number of carbonyl (C=O) groups excluding carboxylic acids is 1. The summed E-state index contributed by atoms with van der Waals surface area (Å²) in [5.41, 5.74) is 2.44. The van der Waals surface area contributed by atoms with Gasteiger partial charge in [-0.1, -0.05) is 30.3 Å². The highest BCUT2D eigenvalue weighted by Gasteiger charge is 2.26. The molecule has 0 saturated carbocycles. The molecule has 0 bridgehead atoms. The lowest BCUT2D eigenvalue weighted by molar-refractivity contribution is 0.0648. The van der Waals surface area contributed by atoms with Gasteiger partial charge in [-0.2, -0.15) is 5.10 Å². The lowest BCUT2D eigenvalue weighted by atomic mass is 10.1. The number of methoxy groups -OCH3 is 2. The van der Waals surface area contributed by atoms with Gasteiger partial charge >= 0.3 is 0 Å². The lowest BCUT2D eigenvalue weighted by Crippen LogP contribution is -2.33. The maximum absolute atomic E-state index is 13.2. The molecule has 1 amide bonds. The van der Waals surface area contributed by atoms with E-state index < -0.39 is 0 Å². The van der Waals surface area contributed by atoms with Crippen molar-refractivity contribution in [2.45, 2.75) is 6.54 Å². The Morgan fingerprint density at radius 2 is 1.74 bits per heavy atom. The highest BCUT2D eigenvalue weighted by molar-refractivity contribution is 5.91. The molecule has 176 valence electrons. The summed E-state index contributed by atoms with van der Waals surface area (Å²) in [6, 6.07) is 20.5. The fraction of sp³-hybridized carbons (Fsp3) is 0.231. The number of ether oxygens (including phenoxy) is 3. The first kappa shape index (κ1) is 23.1. The number of nitrogens with zero attached hydrogens (tertiary/aromatic N) is 3. The largest absolute Gasteiger partial charge is 0.497 e. The summed E-state index contributed by atoms with van der Waals surface area (Å²) in [5.74, 6) is 1.93. The van der Waals surface area contributed by atoms with E-state index in [2.05, 4.69) is 0 Å². The van der Waals surface area contributed by atoms with Crippen LogP contribution >= 0.6 is 0 Å². The van der Waals surface area contributed by atoms with Crippen LogP contribution < -0.4 is 9.47 Å². The fourth-order valence-electron chi connectivity index (χ4n) is 3.61. The fourth-order valence-corrected chi connectivity index (χ4v) is 3.61. The highest BCUT2D eigenvalue weighted by Crippen LogP contribution is 2.34. The molecule has 0 fully saturated rings. The quantitative estimate of drug-likeness (QED) is 0.339. The van der Waals surface area contributed by atoms with E-state index in [0.29, 0.717) is 24.8 Å². The predicted octanol–water partition coefficient (Wildman–Crippen LogP) is 4.77. The lowest BCUT2D eigenvalue weighted by Gasteiger charge is -2.22. The van der Waals surface area contributed by atoms with Crippen LogP contribution in [0.15, 0.2) is 77.4 Å². The summed E-state index contributed by atoms with van der Waals surface area (Å²) in [6.45, 7) is 1.01. The van der Waals surface area contributed by atoms with Gasteiger partial charge in [0.05, 0.1) is 32.1 Å². The number of aromatic nitrogens is 2. The third-order valence-electron chi connectivity index (χ3n) is 5.34. The molecule has 8 nitrogen and oxygen atoms in total. The minimum Gasteiger partial charge on any atom is -0.497 e. The SMILES string of the molecule is COCCN(Cc1c(-c2ccccc2)nn(C)c1Oc1ccc(OC)cc1)C(=O)c1ccco1. The van der Waals surface area contributed by atoms with Gasteiger partial charge < -0.3 is 23.5 Å². The summed E-state index contributed by atoms with van der Waals surface area (Å²) >= 11 is 0. The average Bonchev–Trinajstić information content (AvgIpc) is 3.51. The molecule has 0 aliphatic heterocycles. The van der Waals surface area contributed by atoms with Crippen molar-refractivity contribution in [1.29, 1.82) is 0 Å². The van der Waals surface area contributed by atoms with E-state index in [9.17, 15) is 4.79 Å². The molecule has 8 heteroatoms. The summed E-state index contributed by atoms with van der Waals surface area (Å²) in [7, 11) is 5.04. The molecule has 4 rings (SSSR count). The number of amides is 1. The number of rotatable bonds is 10. The summed E-state index contributed by atoms with van der Waals surface area (Å²) in [4.78, 5) is 14.9. The Balaban J connectivity index is 1.74. The van der Waals surface area contributed by atoms with Gasteiger partial charge in [0.15, 0.2) is 5.76 Å². The molecule has 0 radical (unpaired) electrons. The Morgan fingerprint density at radius 3 is 2.38 bits per heavy atom. The normalized spacial score (nSPS) is 10.8. The minimum atomic E-state index is -0.236. The second kappa shape index (κ2) is 10.7. The summed E-state index contributed by atoms with van der Waals surface area (Å²) in [5, 5.41) is 4.74. The van der Waals surface area contributed by atoms with Crippen LogP contribution in [0.25, 0.3) is 11.3 Å². The van der Waals surface area contributed by atoms with E-state index in [1.54, 1.807) is 35.9 Å². The number of furan rings is 1. The van der Waals surface area contributed by atoms with Crippen molar-refractivity contribution in [1.82, 2.24) is 14.7 Å². The maximum Gasteiger partial charge on any atom is 0.289 e. The minimum absolute atomic E-state index is 0.236. The van der Waals surface area contributed by atoms with Gasteiger partial charge in [0.25, 0.3) is 5.91 Å². The topological polar surface area (TPSA) is 79.0 Å². The maximum atomic E-state index is 13.2. The zero-order valence-corrected chi connectivity index (χ0v) is 19.4. The smallest absolute Gasteiger partial charge is 0.289 e. The van der Waals surface area contributed by atoms with Crippen LogP contribution in [0.3, 0.4) is 0 Å². The standard InChI is InChI=1S/C26H27N3O5/c1-28-26(34-21-13-11-20(32-3)12-14-21)22(24(27-28)19-8-5-4-6-9-19)18-29(15-17-31-2)25(30)23-10-7-16-33-23/h4-14,16H,15,17-18H2,1-3H3. The van der Waals surface area contributed by atoms with Crippen LogP contribution in [0.1, 0.15) is 16.1 Å². The van der Waals surface area contributed by atoms with Crippen molar-refractivity contribution in [3.8, 4) is 28.6 Å². The molecule has 0 aliphatic rings. The molecule has 2 heterocycles. The molecule has 0 saturated heterocycles. The summed E-state index contributed by atoms with van der Waals surface area (Å²) < 4.78 is 23.8. The Morgan fingerprint density at radius 1 is 1.00 bits per heavy atom. The zero-order valence-electron chi connectivity index (χ0n) is 19.4. The predicted molar refractivity (Wildman–Crippen MR) is 127 cm³/mol. The Bertz CT molecular complexity index is 1200. The number of hydrogen-bond donors (Lipinski definition) is 0. The van der Waals surface area contributed by atoms with E-state index in [0.717, 1.165) is 22.6 Å². The van der Waals surface area contributed by atoms with E-state index >= 15 is 0 Å². The number of carbonyl (C=O) groups is 1. The molecule has 0 aliphatic carbocycles. The second-order valence-corrected chi connectivity index (χ2v) is 7.60. The highest BCUT2D eigenvalue weighted by atomic mass is 16.5. The third-order valence-corrected chi connectivity index (χ3v) is 5.34. The van der Waals surface area contributed by atoms with Crippen LogP contribution in [0, 0.1) is 0 Å². The number of aryl methyl sites for hydroxylation is 1. The molecule has 0 atom stereocenters. The van der Waals surface area contributed by atoms with Crippen LogP contribution in [-0.2, 0) is 18.3 Å². The molecule has 2 aromatic heterocycles. The molecule has 0 N–H and O–H groups in total. The Labute approximate surface area is 198 Å². The van der Waals surface area contributed by atoms with Crippen LogP contribution in [-0.4, -0.2) is 48.0 Å². The first-order chi connectivity index (χ1) is 16.6. The molecule has 2 aromatic carbocycles. The van der Waals surface area contributed by atoms with Gasteiger partial charge in [-0.05, 0) is 36.4 Å². The van der Waals surface area contributed by atoms with Gasteiger partial charge in [-0.25, -0.2) is 4.68 Å². The molecule has 0 unspecified atom stereocenters. The van der Waals surface area contributed by atoms with Gasteiger partial charge in [-0.15, -0.1) is 0 Å². The molecule has 34 heavy (non-hydrogen) atoms. The van der Waals surface area contributed by atoms with Gasteiger partial charge in [0.2, 0.25) is 5.88 Å². The Hall–Kier alpha value is -4.04. The molecular weight excluding hydrogens is 434 g/mol. The van der Waals surface area contributed by atoms with Gasteiger partial charge in [0, 0.05) is 26.3 Å². The summed E-state index contributed by atoms with van der Waals surface area (Å²) in [6.07, 6.45) is 1.49. The van der Waals surface area contributed by atoms with Crippen molar-refractivity contribution < 1.29 is 23.4 Å². The van der Waals surface area contributed by atoms with Crippen LogP contribution in [0.5, 0.6) is 17.4 Å². The van der Waals surface area contributed by atoms with Gasteiger partial charge in [0.1, 0.15) is 17.2 Å². The first-order valence-electron chi connectivity index (χ1n) is 10.9. The number of hydrogen-bond acceptors (Lipinski definition) is 6. The Kier molecular flexibility index (Phi) is 7.29. The van der Waals surface area contributed by atoms with Crippen molar-refractivity contribution in [2.75, 3.05) is 27.4 Å². The van der Waals surface area contributed by atoms with Crippen molar-refractivity contribution in [3.05, 3.63) is 84.3 Å². The van der Waals surface area contributed by atoms with Crippen molar-refractivity contribution >= 4 is 5.91 Å². The average molecular weight is 462 g/mol. The van der Waals surface area contributed by atoms with Crippen molar-refractivity contribution in [2.24, 2.45) is 7.05 Å². The van der Waals surface area contributed by atoms with Crippen LogP contribution in [0.2, 0.25) is 0 Å². The van der Waals surface area contributed by atoms with E-state index in [1.165, 1.54) is 6.26 Å². The number of benzene rings is 2. The van der Waals surface area contributed by atoms with Gasteiger partial charge in [-0.3, -0.25) is 4.79 Å². The molecule has 0 spiro atoms. The van der Waals surface area contributed by atoms with Crippen molar-refractivity contribution in [3.63, 3.8) is 0 Å². The molecular formula is C26H27N3O5. The second-order valence-electron chi connectivity index (χ2n) is 7.60. The molecule has 4 aromatic rings. The van der Waals surface area contributed by atoms with Crippen LogP contribution in [0.4, 0.5) is 0 Å². The first-order valence-corrected chi connectivity index (χ1v) is 10.9. The third kappa shape index (κ3) is 5.13. The monoisotopic (exact) mass is 461 g/mol.